The number of carbonyl (C=O) groups excluding carboxylic acids is 1. The lowest BCUT2D eigenvalue weighted by molar-refractivity contribution is 0.00429. The number of aryl methyl sites for hydroxylation is 1. The molecule has 1 saturated heterocycles. The van der Waals surface area contributed by atoms with Crippen LogP contribution in [0.1, 0.15) is 33.3 Å². The number of benzene rings is 1. The summed E-state index contributed by atoms with van der Waals surface area (Å²) in [5.74, 6) is 0.875. The molecule has 25 heavy (non-hydrogen) atoms. The van der Waals surface area contributed by atoms with Crippen LogP contribution in [0.5, 0.6) is 5.75 Å². The zero-order chi connectivity index (χ0) is 18.6. The predicted molar refractivity (Wildman–Crippen MR) is 103 cm³/mol. The Bertz CT molecular complexity index is 601. The van der Waals surface area contributed by atoms with E-state index in [1.165, 1.54) is 5.56 Å². The van der Waals surface area contributed by atoms with Crippen molar-refractivity contribution in [3.8, 4) is 5.75 Å². The summed E-state index contributed by atoms with van der Waals surface area (Å²) >= 11 is 3.52. The van der Waals surface area contributed by atoms with Gasteiger partial charge in [0.1, 0.15) is 18.0 Å². The lowest BCUT2D eigenvalue weighted by atomic mass is 10.2. The van der Waals surface area contributed by atoms with Crippen molar-refractivity contribution in [2.24, 2.45) is 0 Å². The highest BCUT2D eigenvalue weighted by atomic mass is 79.9. The monoisotopic (exact) mass is 412 g/mol. The molecule has 0 unspecified atom stereocenters. The van der Waals surface area contributed by atoms with Gasteiger partial charge in [0.25, 0.3) is 0 Å². The van der Waals surface area contributed by atoms with E-state index >= 15 is 0 Å². The minimum Gasteiger partial charge on any atom is -0.491 e. The maximum atomic E-state index is 12.2. The summed E-state index contributed by atoms with van der Waals surface area (Å²) in [5.41, 5.74) is 0.726. The van der Waals surface area contributed by atoms with Crippen molar-refractivity contribution >= 4 is 22.0 Å². The van der Waals surface area contributed by atoms with Crippen molar-refractivity contribution in [1.29, 1.82) is 0 Å². The van der Waals surface area contributed by atoms with Gasteiger partial charge in [-0.15, -0.1) is 0 Å². The van der Waals surface area contributed by atoms with E-state index in [2.05, 4.69) is 40.7 Å². The second-order valence-corrected chi connectivity index (χ2v) is 8.45. The number of rotatable bonds is 4. The summed E-state index contributed by atoms with van der Waals surface area (Å²) in [6.45, 7) is 13.5. The Labute approximate surface area is 159 Å². The normalized spacial score (nSPS) is 19.0. The van der Waals surface area contributed by atoms with Gasteiger partial charge in [-0.2, -0.15) is 0 Å². The van der Waals surface area contributed by atoms with Crippen LogP contribution in [0.15, 0.2) is 22.7 Å². The van der Waals surface area contributed by atoms with E-state index in [9.17, 15) is 4.79 Å². The molecule has 0 N–H and O–H groups in total. The second-order valence-electron chi connectivity index (χ2n) is 7.59. The zero-order valence-electron chi connectivity index (χ0n) is 15.8. The number of ether oxygens (including phenoxy) is 2. The summed E-state index contributed by atoms with van der Waals surface area (Å²) in [6.07, 6.45) is -0.223. The molecule has 0 saturated carbocycles. The number of nitrogens with zero attached hydrogens (tertiary/aromatic N) is 2. The average Bonchev–Trinajstić information content (AvgIpc) is 2.50. The first kappa shape index (κ1) is 20.0. The van der Waals surface area contributed by atoms with Crippen LogP contribution in [-0.4, -0.2) is 60.3 Å². The summed E-state index contributed by atoms with van der Waals surface area (Å²) in [6, 6.07) is 6.38. The van der Waals surface area contributed by atoms with E-state index in [-0.39, 0.29) is 12.1 Å². The van der Waals surface area contributed by atoms with Gasteiger partial charge in [0, 0.05) is 32.2 Å². The average molecular weight is 413 g/mol. The highest BCUT2D eigenvalue weighted by Gasteiger charge is 2.29. The molecule has 1 aliphatic rings. The van der Waals surface area contributed by atoms with Crippen molar-refractivity contribution in [3.63, 3.8) is 0 Å². The molecule has 0 bridgehead atoms. The molecule has 6 heteroatoms. The number of hydrogen-bond acceptors (Lipinski definition) is 4. The van der Waals surface area contributed by atoms with E-state index < -0.39 is 5.60 Å². The number of carbonyl (C=O) groups is 1. The molecular weight excluding hydrogens is 384 g/mol. The summed E-state index contributed by atoms with van der Waals surface area (Å²) in [7, 11) is 0. The third kappa shape index (κ3) is 6.19. The molecular formula is C19H29BrN2O3. The highest BCUT2D eigenvalue weighted by Crippen LogP contribution is 2.25. The second kappa shape index (κ2) is 8.41. The number of hydrogen-bond donors (Lipinski definition) is 0. The molecule has 1 aliphatic heterocycles. The van der Waals surface area contributed by atoms with Crippen molar-refractivity contribution in [2.75, 3.05) is 32.8 Å². The van der Waals surface area contributed by atoms with Crippen molar-refractivity contribution in [3.05, 3.63) is 28.2 Å². The molecule has 1 atom stereocenters. The zero-order valence-corrected chi connectivity index (χ0v) is 17.4. The molecule has 0 aromatic heterocycles. The molecule has 0 aliphatic carbocycles. The molecule has 1 amide bonds. The van der Waals surface area contributed by atoms with Gasteiger partial charge >= 0.3 is 6.09 Å². The summed E-state index contributed by atoms with van der Waals surface area (Å²) in [5, 5.41) is 0. The van der Waals surface area contributed by atoms with E-state index in [0.29, 0.717) is 19.7 Å². The molecule has 1 aromatic carbocycles. The van der Waals surface area contributed by atoms with Crippen LogP contribution in [0, 0.1) is 6.92 Å². The summed E-state index contributed by atoms with van der Waals surface area (Å²) < 4.78 is 12.4. The van der Waals surface area contributed by atoms with Gasteiger partial charge < -0.3 is 14.4 Å². The van der Waals surface area contributed by atoms with E-state index in [1.807, 2.05) is 32.9 Å². The molecule has 5 nitrogen and oxygen atoms in total. The van der Waals surface area contributed by atoms with E-state index in [4.69, 9.17) is 9.47 Å². The first-order chi connectivity index (χ1) is 11.7. The first-order valence-electron chi connectivity index (χ1n) is 8.76. The van der Waals surface area contributed by atoms with Crippen LogP contribution in [-0.2, 0) is 4.74 Å². The lowest BCUT2D eigenvalue weighted by Gasteiger charge is -2.40. The first-order valence-corrected chi connectivity index (χ1v) is 9.56. The molecule has 1 aromatic rings. The van der Waals surface area contributed by atoms with Gasteiger partial charge in [0.2, 0.25) is 0 Å². The lowest BCUT2D eigenvalue weighted by Crippen LogP contribution is -2.55. The largest absolute Gasteiger partial charge is 0.491 e. The highest BCUT2D eigenvalue weighted by molar-refractivity contribution is 9.10. The third-order valence-electron chi connectivity index (χ3n) is 4.14. The Morgan fingerprint density at radius 3 is 2.68 bits per heavy atom. The fourth-order valence-corrected chi connectivity index (χ4v) is 3.17. The fraction of sp³-hybridized carbons (Fsp3) is 0.632. The van der Waals surface area contributed by atoms with Gasteiger partial charge in [0.05, 0.1) is 4.47 Å². The number of amides is 1. The Balaban J connectivity index is 1.80. The van der Waals surface area contributed by atoms with Gasteiger partial charge in [-0.25, -0.2) is 4.79 Å². The van der Waals surface area contributed by atoms with Gasteiger partial charge in [-0.1, -0.05) is 6.07 Å². The molecule has 0 spiro atoms. The minimum atomic E-state index is -0.452. The van der Waals surface area contributed by atoms with Crippen LogP contribution in [0.4, 0.5) is 4.79 Å². The smallest absolute Gasteiger partial charge is 0.410 e. The molecule has 1 heterocycles. The molecule has 0 radical (unpaired) electrons. The third-order valence-corrected chi connectivity index (χ3v) is 4.79. The molecule has 2 rings (SSSR count). The van der Waals surface area contributed by atoms with Crippen LogP contribution in [0.25, 0.3) is 0 Å². The number of halogens is 1. The fourth-order valence-electron chi connectivity index (χ4n) is 2.81. The van der Waals surface area contributed by atoms with Crippen LogP contribution < -0.4 is 4.74 Å². The van der Waals surface area contributed by atoms with Crippen LogP contribution in [0.2, 0.25) is 0 Å². The van der Waals surface area contributed by atoms with Crippen molar-refractivity contribution in [2.45, 2.75) is 46.3 Å². The Morgan fingerprint density at radius 2 is 2.04 bits per heavy atom. The van der Waals surface area contributed by atoms with Crippen molar-refractivity contribution < 1.29 is 14.3 Å². The van der Waals surface area contributed by atoms with E-state index in [1.54, 1.807) is 4.90 Å². The molecule has 140 valence electrons. The maximum absolute atomic E-state index is 12.2. The van der Waals surface area contributed by atoms with Gasteiger partial charge in [0.15, 0.2) is 0 Å². The van der Waals surface area contributed by atoms with Crippen LogP contribution in [0.3, 0.4) is 0 Å². The van der Waals surface area contributed by atoms with Gasteiger partial charge in [-0.05, 0) is 68.2 Å². The van der Waals surface area contributed by atoms with Gasteiger partial charge in [-0.3, -0.25) is 4.90 Å². The molecule has 1 fully saturated rings. The van der Waals surface area contributed by atoms with Crippen LogP contribution >= 0.6 is 15.9 Å². The minimum absolute atomic E-state index is 0.223. The topological polar surface area (TPSA) is 42.0 Å². The Kier molecular flexibility index (Phi) is 6.74. The predicted octanol–water partition coefficient (Wildman–Crippen LogP) is 4.08. The SMILES string of the molecule is Cc1ccc(Br)c(OCCN2CCN(C(=O)OC(C)(C)C)C[C@H]2C)c1. The van der Waals surface area contributed by atoms with Crippen molar-refractivity contribution in [1.82, 2.24) is 9.80 Å². The summed E-state index contributed by atoms with van der Waals surface area (Å²) in [4.78, 5) is 16.3. The standard InChI is InChI=1S/C19H29BrN2O3/c1-14-6-7-16(20)17(12-14)24-11-10-21-8-9-22(13-15(21)2)18(23)25-19(3,4)5/h6-7,12,15H,8-11,13H2,1-5H3/t15-/m1/s1. The Morgan fingerprint density at radius 1 is 1.32 bits per heavy atom. The maximum Gasteiger partial charge on any atom is 0.410 e. The quantitative estimate of drug-likeness (QED) is 0.746. The Hall–Kier alpha value is -1.27. The number of piperazine rings is 1. The van der Waals surface area contributed by atoms with E-state index in [0.717, 1.165) is 23.3 Å².